The highest BCUT2D eigenvalue weighted by Gasteiger charge is 2.17. The largest absolute Gasteiger partial charge is 0.289 e. The van der Waals surface area contributed by atoms with Gasteiger partial charge in [0.15, 0.2) is 5.65 Å². The number of aromatic nitrogens is 3. The number of nitrogens with zero attached hydrogens (tertiary/aromatic N) is 3. The molecule has 5 heteroatoms. The first-order chi connectivity index (χ1) is 11.2. The van der Waals surface area contributed by atoms with Gasteiger partial charge in [0.05, 0.1) is 0 Å². The van der Waals surface area contributed by atoms with E-state index in [1.165, 1.54) is 4.52 Å². The van der Waals surface area contributed by atoms with Crippen molar-refractivity contribution in [1.82, 2.24) is 14.6 Å². The summed E-state index contributed by atoms with van der Waals surface area (Å²) in [5, 5.41) is 12.5. The number of unbranched alkanes of at least 4 members (excludes halogenated alkanes) is 2. The Morgan fingerprint density at radius 2 is 2.04 bits per heavy atom. The van der Waals surface area contributed by atoms with Crippen molar-refractivity contribution in [2.24, 2.45) is 0 Å². The Hall–Kier alpha value is -2.09. The van der Waals surface area contributed by atoms with E-state index in [0.29, 0.717) is 11.6 Å². The van der Waals surface area contributed by atoms with Gasteiger partial charge < -0.3 is 0 Å². The van der Waals surface area contributed by atoms with Crippen LogP contribution in [-0.2, 0) is 6.42 Å². The second kappa shape index (κ2) is 7.96. The van der Waals surface area contributed by atoms with Crippen molar-refractivity contribution < 1.29 is 0 Å². The molecule has 5 nitrogen and oxygen atoms in total. The fourth-order valence-corrected chi connectivity index (χ4v) is 2.95. The highest BCUT2D eigenvalue weighted by molar-refractivity contribution is 5.48. The predicted octanol–water partition coefficient (Wildman–Crippen LogP) is 3.92. The van der Waals surface area contributed by atoms with Crippen molar-refractivity contribution in [3.05, 3.63) is 33.4 Å². The minimum Gasteiger partial charge on any atom is -0.276 e. The highest BCUT2D eigenvalue weighted by Crippen LogP contribution is 2.23. The van der Waals surface area contributed by atoms with Crippen LogP contribution < -0.4 is 5.56 Å². The summed E-state index contributed by atoms with van der Waals surface area (Å²) in [4.78, 5) is 17.2. The number of H-pyrrole nitrogens is 1. The van der Waals surface area contributed by atoms with E-state index < -0.39 is 0 Å². The van der Waals surface area contributed by atoms with Gasteiger partial charge in [-0.2, -0.15) is 9.78 Å². The van der Waals surface area contributed by atoms with Gasteiger partial charge in [0.2, 0.25) is 0 Å². The van der Waals surface area contributed by atoms with Crippen molar-refractivity contribution in [3.8, 4) is 6.07 Å². The van der Waals surface area contributed by atoms with Crippen LogP contribution in [0.5, 0.6) is 0 Å². The smallest absolute Gasteiger partial charge is 0.276 e. The molecular formula is C18H26N4O. The molecular weight excluding hydrogens is 288 g/mol. The molecule has 0 aliphatic carbocycles. The molecule has 0 saturated heterocycles. The molecule has 1 unspecified atom stereocenters. The van der Waals surface area contributed by atoms with Crippen LogP contribution in [0.2, 0.25) is 0 Å². The van der Waals surface area contributed by atoms with E-state index in [1.807, 2.05) is 6.07 Å². The highest BCUT2D eigenvalue weighted by atomic mass is 16.1. The Labute approximate surface area is 137 Å². The first-order valence-electron chi connectivity index (χ1n) is 8.70. The molecule has 0 fully saturated rings. The molecule has 124 valence electrons. The van der Waals surface area contributed by atoms with Crippen LogP contribution in [0.15, 0.2) is 10.9 Å². The van der Waals surface area contributed by atoms with Crippen LogP contribution in [0.4, 0.5) is 0 Å². The summed E-state index contributed by atoms with van der Waals surface area (Å²) in [6, 6.07) is 3.96. The predicted molar refractivity (Wildman–Crippen MR) is 91.7 cm³/mol. The van der Waals surface area contributed by atoms with E-state index >= 15 is 0 Å². The van der Waals surface area contributed by atoms with E-state index in [0.717, 1.165) is 56.3 Å². The summed E-state index contributed by atoms with van der Waals surface area (Å²) < 4.78 is 1.43. The third-order valence-electron chi connectivity index (χ3n) is 4.43. The zero-order chi connectivity index (χ0) is 16.8. The SMILES string of the molecule is CCCCc1cc2nc(C(CC)CCCC)[nH]n2c(=O)c1C#N. The number of rotatable bonds is 8. The van der Waals surface area contributed by atoms with Crippen molar-refractivity contribution >= 4 is 5.65 Å². The van der Waals surface area contributed by atoms with Crippen LogP contribution in [0.1, 0.15) is 82.2 Å². The van der Waals surface area contributed by atoms with Crippen molar-refractivity contribution in [2.45, 2.75) is 71.6 Å². The molecule has 2 heterocycles. The molecule has 2 aromatic heterocycles. The third-order valence-corrected chi connectivity index (χ3v) is 4.43. The zero-order valence-corrected chi connectivity index (χ0v) is 14.4. The van der Waals surface area contributed by atoms with Crippen molar-refractivity contribution in [3.63, 3.8) is 0 Å². The van der Waals surface area contributed by atoms with E-state index in [4.69, 9.17) is 0 Å². The van der Waals surface area contributed by atoms with Crippen LogP contribution in [-0.4, -0.2) is 14.6 Å². The number of aryl methyl sites for hydroxylation is 1. The molecule has 0 bridgehead atoms. The molecule has 0 saturated carbocycles. The van der Waals surface area contributed by atoms with Crippen LogP contribution >= 0.6 is 0 Å². The van der Waals surface area contributed by atoms with Crippen LogP contribution in [0.3, 0.4) is 0 Å². The molecule has 2 rings (SSSR count). The fraction of sp³-hybridized carbons (Fsp3) is 0.611. The summed E-state index contributed by atoms with van der Waals surface area (Å²) in [5.74, 6) is 1.19. The minimum absolute atomic E-state index is 0.243. The van der Waals surface area contributed by atoms with E-state index in [9.17, 15) is 10.1 Å². The lowest BCUT2D eigenvalue weighted by molar-refractivity contribution is 0.542. The quantitative estimate of drug-likeness (QED) is 0.802. The van der Waals surface area contributed by atoms with Gasteiger partial charge in [-0.05, 0) is 37.3 Å². The van der Waals surface area contributed by atoms with Gasteiger partial charge in [-0.15, -0.1) is 0 Å². The van der Waals surface area contributed by atoms with Gasteiger partial charge in [-0.1, -0.05) is 40.0 Å². The summed E-state index contributed by atoms with van der Waals surface area (Å²) in [5.41, 5.74) is 1.41. The summed E-state index contributed by atoms with van der Waals surface area (Å²) >= 11 is 0. The number of aromatic amines is 1. The van der Waals surface area contributed by atoms with Crippen LogP contribution in [0, 0.1) is 11.3 Å². The summed E-state index contributed by atoms with van der Waals surface area (Å²) in [7, 11) is 0. The molecule has 0 aliphatic rings. The Kier molecular flexibility index (Phi) is 5.97. The van der Waals surface area contributed by atoms with Gasteiger partial charge in [-0.3, -0.25) is 9.89 Å². The Morgan fingerprint density at radius 1 is 1.30 bits per heavy atom. The monoisotopic (exact) mass is 314 g/mol. The molecule has 0 aromatic carbocycles. The van der Waals surface area contributed by atoms with Crippen molar-refractivity contribution in [2.75, 3.05) is 0 Å². The second-order valence-electron chi connectivity index (χ2n) is 6.11. The lowest BCUT2D eigenvalue weighted by atomic mass is 9.99. The lowest BCUT2D eigenvalue weighted by Crippen LogP contribution is -2.19. The Morgan fingerprint density at radius 3 is 2.65 bits per heavy atom. The van der Waals surface area contributed by atoms with E-state index in [1.54, 1.807) is 0 Å². The molecule has 1 atom stereocenters. The number of nitriles is 1. The molecule has 0 amide bonds. The van der Waals surface area contributed by atoms with Gasteiger partial charge in [0, 0.05) is 5.92 Å². The average Bonchev–Trinajstić information content (AvgIpc) is 2.98. The standard InChI is InChI=1S/C18H26N4O/c1-4-7-9-13(6-3)17-20-16-11-14(10-8-5-2)15(12-19)18(23)22(16)21-17/h11,13H,4-10H2,1-3H3,(H,20,21). The van der Waals surface area contributed by atoms with Gasteiger partial charge in [-0.25, -0.2) is 4.98 Å². The number of hydrogen-bond donors (Lipinski definition) is 1. The van der Waals surface area contributed by atoms with Gasteiger partial charge in [0.25, 0.3) is 5.56 Å². The molecule has 23 heavy (non-hydrogen) atoms. The van der Waals surface area contributed by atoms with E-state index in [-0.39, 0.29) is 11.1 Å². The van der Waals surface area contributed by atoms with Crippen molar-refractivity contribution in [1.29, 1.82) is 5.26 Å². The van der Waals surface area contributed by atoms with Gasteiger partial charge >= 0.3 is 0 Å². The van der Waals surface area contributed by atoms with Gasteiger partial charge in [0.1, 0.15) is 17.5 Å². The third kappa shape index (κ3) is 3.64. The first-order valence-corrected chi connectivity index (χ1v) is 8.70. The number of fused-ring (bicyclic) bond motifs is 1. The number of pyridine rings is 1. The molecule has 1 N–H and O–H groups in total. The molecule has 0 aliphatic heterocycles. The molecule has 0 spiro atoms. The Bertz CT molecular complexity index is 751. The number of nitrogens with one attached hydrogen (secondary N) is 1. The fourth-order valence-electron chi connectivity index (χ4n) is 2.95. The van der Waals surface area contributed by atoms with Crippen LogP contribution in [0.25, 0.3) is 5.65 Å². The molecule has 0 radical (unpaired) electrons. The normalized spacial score (nSPS) is 12.4. The summed E-state index contributed by atoms with van der Waals surface area (Å²) in [6.45, 7) is 6.42. The Balaban J connectivity index is 2.48. The first kappa shape index (κ1) is 17.3. The summed E-state index contributed by atoms with van der Waals surface area (Å²) in [6.07, 6.45) is 7.10. The number of hydrogen-bond acceptors (Lipinski definition) is 3. The minimum atomic E-state index is -0.278. The maximum Gasteiger partial charge on any atom is 0.289 e. The molecule has 2 aromatic rings. The average molecular weight is 314 g/mol. The lowest BCUT2D eigenvalue weighted by Gasteiger charge is -2.10. The topological polar surface area (TPSA) is 74.0 Å². The second-order valence-corrected chi connectivity index (χ2v) is 6.11. The maximum absolute atomic E-state index is 12.6. The maximum atomic E-state index is 12.6. The zero-order valence-electron chi connectivity index (χ0n) is 14.4. The van der Waals surface area contributed by atoms with E-state index in [2.05, 4.69) is 36.9 Å².